The van der Waals surface area contributed by atoms with Crippen molar-refractivity contribution in [1.82, 2.24) is 29.3 Å². The molecule has 0 radical (unpaired) electrons. The highest BCUT2D eigenvalue weighted by Gasteiger charge is 2.34. The number of rotatable bonds is 3. The number of nitrogens with zero attached hydrogens (tertiary/aromatic N) is 6. The Morgan fingerprint density at radius 2 is 1.76 bits per heavy atom. The van der Waals surface area contributed by atoms with Crippen molar-refractivity contribution >= 4 is 17.5 Å². The quantitative estimate of drug-likeness (QED) is 0.790. The molecule has 29 heavy (non-hydrogen) atoms. The Kier molecular flexibility index (Phi) is 5.54. The summed E-state index contributed by atoms with van der Waals surface area (Å²) in [4.78, 5) is 31.1. The van der Waals surface area contributed by atoms with Gasteiger partial charge in [0, 0.05) is 51.9 Å². The molecule has 4 heterocycles. The second-order valence-electron chi connectivity index (χ2n) is 8.37. The van der Waals surface area contributed by atoms with Gasteiger partial charge in [-0.05, 0) is 45.2 Å². The molecule has 0 aromatic carbocycles. The van der Waals surface area contributed by atoms with Crippen LogP contribution in [0.2, 0.25) is 0 Å². The minimum Gasteiger partial charge on any atom is -0.340 e. The van der Waals surface area contributed by atoms with Gasteiger partial charge in [-0.15, -0.1) is 10.2 Å². The number of amides is 2. The number of likely N-dealkylation sites (tertiary alicyclic amines) is 1. The van der Waals surface area contributed by atoms with E-state index < -0.39 is 0 Å². The van der Waals surface area contributed by atoms with Crippen LogP contribution in [0, 0.1) is 0 Å². The van der Waals surface area contributed by atoms with Gasteiger partial charge in [-0.2, -0.15) is 0 Å². The molecule has 2 aromatic rings. The maximum absolute atomic E-state index is 13.0. The van der Waals surface area contributed by atoms with Gasteiger partial charge in [0.1, 0.15) is 0 Å². The third-order valence-electron chi connectivity index (χ3n) is 6.15. The molecule has 8 nitrogen and oxygen atoms in total. The molecule has 0 spiro atoms. The Labute approximate surface area is 171 Å². The minimum absolute atomic E-state index is 0.0528. The first-order valence-corrected chi connectivity index (χ1v) is 10.6. The van der Waals surface area contributed by atoms with Gasteiger partial charge >= 0.3 is 0 Å². The van der Waals surface area contributed by atoms with Crippen LogP contribution in [0.15, 0.2) is 18.3 Å². The largest absolute Gasteiger partial charge is 0.340 e. The van der Waals surface area contributed by atoms with E-state index in [1.165, 1.54) is 6.42 Å². The van der Waals surface area contributed by atoms with Crippen molar-refractivity contribution in [3.63, 3.8) is 0 Å². The molecule has 0 saturated carbocycles. The summed E-state index contributed by atoms with van der Waals surface area (Å²) in [5.74, 6) is 0.933. The smallest absolute Gasteiger partial charge is 0.255 e. The number of carbonyl (C=O) groups is 2. The van der Waals surface area contributed by atoms with Crippen molar-refractivity contribution in [3.05, 3.63) is 29.7 Å². The van der Waals surface area contributed by atoms with Crippen molar-refractivity contribution < 1.29 is 9.59 Å². The molecule has 0 bridgehead atoms. The number of piperazine rings is 1. The van der Waals surface area contributed by atoms with Gasteiger partial charge in [0.2, 0.25) is 5.91 Å². The van der Waals surface area contributed by atoms with Crippen LogP contribution in [0.4, 0.5) is 0 Å². The summed E-state index contributed by atoms with van der Waals surface area (Å²) in [5, 5.41) is 8.80. The lowest BCUT2D eigenvalue weighted by atomic mass is 10.1. The number of hydrogen-bond acceptors (Lipinski definition) is 5. The van der Waals surface area contributed by atoms with E-state index in [9.17, 15) is 9.59 Å². The number of hydrogen-bond donors (Lipinski definition) is 0. The fourth-order valence-electron chi connectivity index (χ4n) is 4.47. The lowest BCUT2D eigenvalue weighted by molar-refractivity contribution is -0.132. The second-order valence-corrected chi connectivity index (χ2v) is 8.37. The van der Waals surface area contributed by atoms with Crippen LogP contribution in [0.1, 0.15) is 62.3 Å². The summed E-state index contributed by atoms with van der Waals surface area (Å²) in [5.41, 5.74) is 1.38. The van der Waals surface area contributed by atoms with Gasteiger partial charge in [-0.3, -0.25) is 18.9 Å². The Hall–Kier alpha value is -2.48. The van der Waals surface area contributed by atoms with Crippen LogP contribution in [0.3, 0.4) is 0 Å². The van der Waals surface area contributed by atoms with Crippen LogP contribution in [-0.4, -0.2) is 79.9 Å². The first-order valence-electron chi connectivity index (χ1n) is 10.6. The molecule has 4 rings (SSSR count). The zero-order chi connectivity index (χ0) is 20.5. The molecule has 0 N–H and O–H groups in total. The number of piperidine rings is 1. The van der Waals surface area contributed by atoms with Gasteiger partial charge in [0.05, 0.1) is 11.6 Å². The molecule has 8 heteroatoms. The minimum atomic E-state index is -0.0528. The third-order valence-corrected chi connectivity index (χ3v) is 6.15. The molecular weight excluding hydrogens is 368 g/mol. The van der Waals surface area contributed by atoms with Gasteiger partial charge in [-0.25, -0.2) is 0 Å². The second kappa shape index (κ2) is 8.10. The molecule has 2 fully saturated rings. The highest BCUT2D eigenvalue weighted by Crippen LogP contribution is 2.27. The molecule has 0 aliphatic carbocycles. The monoisotopic (exact) mass is 398 g/mol. The molecule has 2 saturated heterocycles. The van der Waals surface area contributed by atoms with Crippen LogP contribution in [-0.2, 0) is 4.79 Å². The molecule has 156 valence electrons. The SMILES string of the molecule is CC(=O)N1CCN(C(C)C)C(c2nnc3ccc(C(=O)N4CCCCC4)cn23)C1. The Morgan fingerprint density at radius 3 is 2.45 bits per heavy atom. The molecular formula is C21H30N6O2. The topological polar surface area (TPSA) is 74.0 Å². The molecule has 2 aliphatic rings. The van der Waals surface area contributed by atoms with Crippen molar-refractivity contribution in [2.45, 2.75) is 52.1 Å². The molecule has 1 unspecified atom stereocenters. The number of aromatic nitrogens is 3. The van der Waals surface area contributed by atoms with E-state index in [2.05, 4.69) is 28.9 Å². The van der Waals surface area contributed by atoms with Crippen LogP contribution in [0.5, 0.6) is 0 Å². The predicted octanol–water partition coefficient (Wildman–Crippen LogP) is 1.97. The van der Waals surface area contributed by atoms with Gasteiger partial charge < -0.3 is 9.80 Å². The number of fused-ring (bicyclic) bond motifs is 1. The van der Waals surface area contributed by atoms with Gasteiger partial charge in [0.25, 0.3) is 5.91 Å². The van der Waals surface area contributed by atoms with Crippen molar-refractivity contribution in [2.75, 3.05) is 32.7 Å². The van der Waals surface area contributed by atoms with E-state index in [-0.39, 0.29) is 17.9 Å². The van der Waals surface area contributed by atoms with Crippen LogP contribution < -0.4 is 0 Å². The first kappa shape index (κ1) is 19.8. The van der Waals surface area contributed by atoms with Gasteiger partial charge in [-0.1, -0.05) is 0 Å². The number of pyridine rings is 1. The van der Waals surface area contributed by atoms with Crippen molar-refractivity contribution in [2.24, 2.45) is 0 Å². The lowest BCUT2D eigenvalue weighted by Crippen LogP contribution is -2.52. The lowest BCUT2D eigenvalue weighted by Gasteiger charge is -2.42. The average Bonchev–Trinajstić information content (AvgIpc) is 3.16. The summed E-state index contributed by atoms with van der Waals surface area (Å²) in [6.07, 6.45) is 5.20. The van der Waals surface area contributed by atoms with Crippen LogP contribution >= 0.6 is 0 Å². The fourth-order valence-corrected chi connectivity index (χ4v) is 4.47. The summed E-state index contributed by atoms with van der Waals surface area (Å²) in [7, 11) is 0. The number of carbonyl (C=O) groups excluding carboxylic acids is 2. The first-order chi connectivity index (χ1) is 14.0. The van der Waals surface area contributed by atoms with E-state index in [1.807, 2.05) is 32.5 Å². The van der Waals surface area contributed by atoms with Crippen molar-refractivity contribution in [3.8, 4) is 0 Å². The zero-order valence-electron chi connectivity index (χ0n) is 17.5. The van der Waals surface area contributed by atoms with E-state index in [0.29, 0.717) is 18.2 Å². The molecule has 2 aliphatic heterocycles. The summed E-state index contributed by atoms with van der Waals surface area (Å²) < 4.78 is 1.93. The summed E-state index contributed by atoms with van der Waals surface area (Å²) >= 11 is 0. The molecule has 2 aromatic heterocycles. The maximum atomic E-state index is 13.0. The average molecular weight is 399 g/mol. The summed E-state index contributed by atoms with van der Waals surface area (Å²) in [6.45, 7) is 9.67. The van der Waals surface area contributed by atoms with Crippen LogP contribution in [0.25, 0.3) is 5.65 Å². The summed E-state index contributed by atoms with van der Waals surface area (Å²) in [6, 6.07) is 3.97. The standard InChI is InChI=1S/C21H30N6O2/c1-15(2)26-12-11-25(16(3)28)14-18(26)20-23-22-19-8-7-17(13-27(19)20)21(29)24-9-5-4-6-10-24/h7-8,13,15,18H,4-6,9-12,14H2,1-3H3. The third kappa shape index (κ3) is 3.85. The van der Waals surface area contributed by atoms with E-state index in [4.69, 9.17) is 0 Å². The van der Waals surface area contributed by atoms with E-state index in [0.717, 1.165) is 50.5 Å². The normalized spacial score (nSPS) is 21.2. The highest BCUT2D eigenvalue weighted by molar-refractivity contribution is 5.94. The fraction of sp³-hybridized carbons (Fsp3) is 0.619. The Bertz CT molecular complexity index is 902. The maximum Gasteiger partial charge on any atom is 0.255 e. The molecule has 2 amide bonds. The van der Waals surface area contributed by atoms with E-state index in [1.54, 1.807) is 6.92 Å². The zero-order valence-corrected chi connectivity index (χ0v) is 17.5. The molecule has 1 atom stereocenters. The van der Waals surface area contributed by atoms with Crippen molar-refractivity contribution in [1.29, 1.82) is 0 Å². The highest BCUT2D eigenvalue weighted by atomic mass is 16.2. The predicted molar refractivity (Wildman–Crippen MR) is 110 cm³/mol. The Morgan fingerprint density at radius 1 is 1.00 bits per heavy atom. The van der Waals surface area contributed by atoms with Gasteiger partial charge in [0.15, 0.2) is 11.5 Å². The van der Waals surface area contributed by atoms with E-state index >= 15 is 0 Å². The Balaban J connectivity index is 1.68.